The summed E-state index contributed by atoms with van der Waals surface area (Å²) in [5, 5.41) is 16.2. The van der Waals surface area contributed by atoms with Gasteiger partial charge >= 0.3 is 12.6 Å². The van der Waals surface area contributed by atoms with E-state index in [1.807, 2.05) is 24.3 Å². The molecule has 28 heavy (non-hydrogen) atoms. The number of aliphatic hydroxyl groups is 1. The summed E-state index contributed by atoms with van der Waals surface area (Å²) in [5.74, 6) is -0.0725. The molecule has 0 unspecified atom stereocenters. The molecule has 1 aliphatic carbocycles. The van der Waals surface area contributed by atoms with Crippen LogP contribution >= 0.6 is 0 Å². The van der Waals surface area contributed by atoms with Crippen molar-refractivity contribution in [3.8, 4) is 5.75 Å². The number of rotatable bonds is 4. The Bertz CT molecular complexity index is 1030. The maximum absolute atomic E-state index is 12.6. The lowest BCUT2D eigenvalue weighted by molar-refractivity contribution is -0.0489. The number of hydrogen-bond acceptors (Lipinski definition) is 4. The smallest absolute Gasteiger partial charge is 0.387 e. The first kappa shape index (κ1) is 18.1. The number of nitrogens with one attached hydrogen (secondary N) is 2. The number of anilines is 1. The SMILES string of the molecule is O=C(Nc1ccc(OC(F)F)c2ncccc12)N[C@@H]1c2ccccc2C[C@@H]1O. The van der Waals surface area contributed by atoms with Crippen LogP contribution in [0.5, 0.6) is 5.75 Å². The quantitative estimate of drug-likeness (QED) is 0.641. The predicted octanol–water partition coefficient (Wildman–Crippen LogP) is 3.62. The molecule has 0 saturated carbocycles. The molecule has 0 saturated heterocycles. The number of halogens is 2. The van der Waals surface area contributed by atoms with Gasteiger partial charge in [0.1, 0.15) is 5.52 Å². The lowest BCUT2D eigenvalue weighted by Crippen LogP contribution is -2.36. The Morgan fingerprint density at radius 1 is 1.18 bits per heavy atom. The van der Waals surface area contributed by atoms with Gasteiger partial charge in [-0.15, -0.1) is 0 Å². The zero-order valence-corrected chi connectivity index (χ0v) is 14.6. The number of urea groups is 1. The topological polar surface area (TPSA) is 83.5 Å². The first-order valence-corrected chi connectivity index (χ1v) is 8.69. The summed E-state index contributed by atoms with van der Waals surface area (Å²) in [7, 11) is 0. The van der Waals surface area contributed by atoms with Crippen LogP contribution < -0.4 is 15.4 Å². The molecule has 1 aromatic heterocycles. The minimum atomic E-state index is -2.98. The molecule has 0 spiro atoms. The van der Waals surface area contributed by atoms with E-state index in [1.54, 1.807) is 12.1 Å². The number of amides is 2. The Balaban J connectivity index is 1.56. The van der Waals surface area contributed by atoms with Crippen molar-refractivity contribution in [1.82, 2.24) is 10.3 Å². The van der Waals surface area contributed by atoms with Gasteiger partial charge in [0.05, 0.1) is 17.8 Å². The molecule has 0 radical (unpaired) electrons. The predicted molar refractivity (Wildman–Crippen MR) is 99.4 cm³/mol. The second-order valence-corrected chi connectivity index (χ2v) is 6.44. The van der Waals surface area contributed by atoms with Gasteiger partial charge in [0.25, 0.3) is 0 Å². The molecule has 0 fully saturated rings. The number of aliphatic hydroxyl groups excluding tert-OH is 1. The van der Waals surface area contributed by atoms with Crippen molar-refractivity contribution in [2.24, 2.45) is 0 Å². The number of alkyl halides is 2. The second kappa shape index (κ2) is 7.40. The number of ether oxygens (including phenoxy) is 1. The Morgan fingerprint density at radius 3 is 2.82 bits per heavy atom. The summed E-state index contributed by atoms with van der Waals surface area (Å²) < 4.78 is 29.7. The average molecular weight is 385 g/mol. The first-order chi connectivity index (χ1) is 13.5. The molecule has 0 bridgehead atoms. The minimum Gasteiger partial charge on any atom is -0.432 e. The summed E-state index contributed by atoms with van der Waals surface area (Å²) in [6, 6.07) is 12.6. The summed E-state index contributed by atoms with van der Waals surface area (Å²) in [4.78, 5) is 16.6. The third-order valence-corrected chi connectivity index (χ3v) is 4.69. The van der Waals surface area contributed by atoms with Crippen LogP contribution in [0.3, 0.4) is 0 Å². The van der Waals surface area contributed by atoms with Gasteiger partial charge in [-0.2, -0.15) is 8.78 Å². The molecule has 8 heteroatoms. The number of nitrogens with zero attached hydrogens (tertiary/aromatic N) is 1. The highest BCUT2D eigenvalue weighted by atomic mass is 19.3. The van der Waals surface area contributed by atoms with E-state index in [4.69, 9.17) is 0 Å². The van der Waals surface area contributed by atoms with Gasteiger partial charge in [-0.1, -0.05) is 24.3 Å². The highest BCUT2D eigenvalue weighted by Crippen LogP contribution is 2.33. The molecule has 1 aliphatic rings. The van der Waals surface area contributed by atoms with Crippen LogP contribution in [0.15, 0.2) is 54.7 Å². The fraction of sp³-hybridized carbons (Fsp3) is 0.200. The van der Waals surface area contributed by atoms with Crippen LogP contribution in [0.2, 0.25) is 0 Å². The molecule has 0 aliphatic heterocycles. The molecular formula is C20H17F2N3O3. The lowest BCUT2D eigenvalue weighted by atomic mass is 10.1. The molecule has 6 nitrogen and oxygen atoms in total. The van der Waals surface area contributed by atoms with E-state index in [-0.39, 0.29) is 11.3 Å². The van der Waals surface area contributed by atoms with Gasteiger partial charge in [-0.05, 0) is 35.4 Å². The van der Waals surface area contributed by atoms with Crippen molar-refractivity contribution >= 4 is 22.6 Å². The lowest BCUT2D eigenvalue weighted by Gasteiger charge is -2.19. The van der Waals surface area contributed by atoms with Gasteiger partial charge in [-0.25, -0.2) is 4.79 Å². The molecule has 4 rings (SSSR count). The van der Waals surface area contributed by atoms with Gasteiger partial charge in [0, 0.05) is 18.0 Å². The van der Waals surface area contributed by atoms with Crippen molar-refractivity contribution in [2.45, 2.75) is 25.2 Å². The summed E-state index contributed by atoms with van der Waals surface area (Å²) in [6.07, 6.45) is 1.20. The van der Waals surface area contributed by atoms with E-state index >= 15 is 0 Å². The first-order valence-electron chi connectivity index (χ1n) is 8.69. The third-order valence-electron chi connectivity index (χ3n) is 4.69. The molecule has 2 aromatic carbocycles. The fourth-order valence-corrected chi connectivity index (χ4v) is 3.49. The molecule has 1 heterocycles. The second-order valence-electron chi connectivity index (χ2n) is 6.44. The maximum atomic E-state index is 12.6. The van der Waals surface area contributed by atoms with E-state index in [0.29, 0.717) is 17.5 Å². The van der Waals surface area contributed by atoms with Crippen molar-refractivity contribution in [1.29, 1.82) is 0 Å². The van der Waals surface area contributed by atoms with Crippen molar-refractivity contribution < 1.29 is 23.4 Å². The monoisotopic (exact) mass is 385 g/mol. The molecule has 2 amide bonds. The zero-order valence-electron chi connectivity index (χ0n) is 14.6. The van der Waals surface area contributed by atoms with Crippen molar-refractivity contribution in [2.75, 3.05) is 5.32 Å². The standard InChI is InChI=1S/C20H17F2N3O3/c21-19(22)28-16-8-7-14(13-6-3-9-23-18(13)16)24-20(27)25-17-12-5-2-1-4-11(12)10-15(17)26/h1-9,15,17,19,26H,10H2,(H2,24,25,27)/t15-,17+/m0/s1. The van der Waals surface area contributed by atoms with Crippen LogP contribution in [0.1, 0.15) is 17.2 Å². The zero-order chi connectivity index (χ0) is 19.7. The van der Waals surface area contributed by atoms with Gasteiger partial charge in [0.2, 0.25) is 0 Å². The molecule has 3 N–H and O–H groups in total. The Labute approximate surface area is 159 Å². The normalized spacial score (nSPS) is 18.1. The van der Waals surface area contributed by atoms with Crippen molar-refractivity contribution in [3.63, 3.8) is 0 Å². The highest BCUT2D eigenvalue weighted by Gasteiger charge is 2.32. The summed E-state index contributed by atoms with van der Waals surface area (Å²) >= 11 is 0. The van der Waals surface area contributed by atoms with Crippen LogP contribution in [-0.2, 0) is 6.42 Å². The maximum Gasteiger partial charge on any atom is 0.387 e. The number of pyridine rings is 1. The van der Waals surface area contributed by atoms with Crippen LogP contribution in [0.25, 0.3) is 10.9 Å². The average Bonchev–Trinajstić information content (AvgIpc) is 2.99. The Morgan fingerprint density at radius 2 is 2.00 bits per heavy atom. The largest absolute Gasteiger partial charge is 0.432 e. The van der Waals surface area contributed by atoms with Crippen LogP contribution in [-0.4, -0.2) is 28.8 Å². The highest BCUT2D eigenvalue weighted by molar-refractivity contribution is 6.02. The summed E-state index contributed by atoms with van der Waals surface area (Å²) in [5.41, 5.74) is 2.47. The minimum absolute atomic E-state index is 0.0725. The number of carbonyl (C=O) groups is 1. The van der Waals surface area contributed by atoms with E-state index in [2.05, 4.69) is 20.4 Å². The fourth-order valence-electron chi connectivity index (χ4n) is 3.49. The van der Waals surface area contributed by atoms with Crippen LogP contribution in [0.4, 0.5) is 19.3 Å². The van der Waals surface area contributed by atoms with E-state index < -0.39 is 24.8 Å². The molecule has 2 atom stereocenters. The van der Waals surface area contributed by atoms with Gasteiger partial charge < -0.3 is 20.5 Å². The number of carbonyl (C=O) groups excluding carboxylic acids is 1. The molecule has 3 aromatic rings. The van der Waals surface area contributed by atoms with E-state index in [0.717, 1.165) is 11.1 Å². The number of benzene rings is 2. The molecule has 144 valence electrons. The van der Waals surface area contributed by atoms with Crippen molar-refractivity contribution in [3.05, 3.63) is 65.9 Å². The van der Waals surface area contributed by atoms with Gasteiger partial charge in [-0.3, -0.25) is 4.98 Å². The number of hydrogen-bond donors (Lipinski definition) is 3. The number of fused-ring (bicyclic) bond motifs is 2. The van der Waals surface area contributed by atoms with Gasteiger partial charge in [0.15, 0.2) is 5.75 Å². The van der Waals surface area contributed by atoms with E-state index in [9.17, 15) is 18.7 Å². The Kier molecular flexibility index (Phi) is 4.79. The van der Waals surface area contributed by atoms with E-state index in [1.165, 1.54) is 18.3 Å². The number of aromatic nitrogens is 1. The molecular weight excluding hydrogens is 368 g/mol. The third kappa shape index (κ3) is 3.46. The van der Waals surface area contributed by atoms with Crippen LogP contribution in [0, 0.1) is 0 Å². The Hall–Kier alpha value is -3.26. The summed E-state index contributed by atoms with van der Waals surface area (Å²) in [6.45, 7) is -2.98.